The van der Waals surface area contributed by atoms with Crippen molar-refractivity contribution in [3.63, 3.8) is 0 Å². The molecule has 10 heteroatoms. The highest BCUT2D eigenvalue weighted by Crippen LogP contribution is 2.41. The molecule has 1 atom stereocenters. The van der Waals surface area contributed by atoms with Crippen LogP contribution in [-0.4, -0.2) is 68.1 Å². The van der Waals surface area contributed by atoms with E-state index in [0.717, 1.165) is 48.4 Å². The molecule has 214 valence electrons. The number of nitrogens with one attached hydrogen (secondary N) is 1. The number of morpholine rings is 1. The minimum atomic E-state index is -0.498. The highest BCUT2D eigenvalue weighted by molar-refractivity contribution is 6.30. The van der Waals surface area contributed by atoms with E-state index in [1.807, 2.05) is 40.7 Å². The van der Waals surface area contributed by atoms with Gasteiger partial charge in [-0.1, -0.05) is 17.7 Å². The second-order valence-electron chi connectivity index (χ2n) is 11.2. The van der Waals surface area contributed by atoms with E-state index in [1.54, 1.807) is 18.2 Å². The highest BCUT2D eigenvalue weighted by Gasteiger charge is 2.29. The molecule has 4 rings (SSSR count). The van der Waals surface area contributed by atoms with E-state index in [0.29, 0.717) is 43.1 Å². The molecule has 2 aromatic rings. The van der Waals surface area contributed by atoms with Gasteiger partial charge in [0.2, 0.25) is 0 Å². The van der Waals surface area contributed by atoms with Crippen molar-refractivity contribution in [1.82, 2.24) is 9.88 Å². The number of likely N-dealkylation sites (tertiary alicyclic amines) is 1. The Bertz CT molecular complexity index is 1140. The van der Waals surface area contributed by atoms with Crippen LogP contribution in [0.5, 0.6) is 5.75 Å². The van der Waals surface area contributed by atoms with Crippen molar-refractivity contribution in [2.24, 2.45) is 0 Å². The molecule has 0 radical (unpaired) electrons. The number of rotatable bonds is 7. The molecule has 2 fully saturated rings. The van der Waals surface area contributed by atoms with Crippen LogP contribution in [0.15, 0.2) is 24.4 Å². The van der Waals surface area contributed by atoms with Gasteiger partial charge in [-0.05, 0) is 76.6 Å². The number of amides is 1. The molecule has 2 aliphatic rings. The summed E-state index contributed by atoms with van der Waals surface area (Å²) >= 11 is 6.62. The average molecular weight is 561 g/mol. The van der Waals surface area contributed by atoms with Gasteiger partial charge in [0.15, 0.2) is 0 Å². The molecular formula is C29H41ClN4O5. The predicted molar refractivity (Wildman–Crippen MR) is 153 cm³/mol. The number of carbonyl (C=O) groups is 1. The molecule has 1 aromatic heterocycles. The summed E-state index contributed by atoms with van der Waals surface area (Å²) in [6.45, 7) is 13.9. The molecule has 2 aliphatic heterocycles. The number of anilines is 2. The highest BCUT2D eigenvalue weighted by atomic mass is 35.5. The van der Waals surface area contributed by atoms with E-state index in [9.17, 15) is 4.79 Å². The molecule has 1 aromatic carbocycles. The Balaban J connectivity index is 1.52. The minimum absolute atomic E-state index is 0.248. The van der Waals surface area contributed by atoms with Crippen molar-refractivity contribution < 1.29 is 23.8 Å². The summed E-state index contributed by atoms with van der Waals surface area (Å²) in [7, 11) is 1.59. The fourth-order valence-corrected chi connectivity index (χ4v) is 5.54. The van der Waals surface area contributed by atoms with Crippen molar-refractivity contribution in [2.45, 2.75) is 65.1 Å². The molecule has 9 nitrogen and oxygen atoms in total. The molecule has 1 N–H and O–H groups in total. The Morgan fingerprint density at radius 2 is 1.87 bits per heavy atom. The molecule has 1 amide bonds. The van der Waals surface area contributed by atoms with Crippen LogP contribution < -0.4 is 15.1 Å². The third kappa shape index (κ3) is 7.26. The van der Waals surface area contributed by atoms with Crippen LogP contribution >= 0.6 is 11.6 Å². The van der Waals surface area contributed by atoms with E-state index in [-0.39, 0.29) is 12.2 Å². The van der Waals surface area contributed by atoms with Crippen LogP contribution in [0.3, 0.4) is 0 Å². The summed E-state index contributed by atoms with van der Waals surface area (Å²) in [4.78, 5) is 26.2. The minimum Gasteiger partial charge on any atom is -0.483 e. The smallest absolute Gasteiger partial charge is 0.410 e. The fraction of sp³-hybridized carbons (Fsp3) is 0.586. The lowest BCUT2D eigenvalue weighted by atomic mass is 9.88. The lowest BCUT2D eigenvalue weighted by molar-refractivity contribution is 0.0205. The number of nitrogens with zero attached hydrogens (tertiary/aromatic N) is 3. The monoisotopic (exact) mass is 560 g/mol. The number of ether oxygens (including phenoxy) is 3. The predicted octanol–water partition coefficient (Wildman–Crippen LogP) is 6.11. The van der Waals surface area contributed by atoms with Gasteiger partial charge in [0, 0.05) is 38.1 Å². The van der Waals surface area contributed by atoms with E-state index >= 15 is 0 Å². The van der Waals surface area contributed by atoms with E-state index in [4.69, 9.17) is 30.6 Å². The van der Waals surface area contributed by atoms with Crippen molar-refractivity contribution in [1.29, 1.82) is 0 Å². The zero-order chi connectivity index (χ0) is 28.2. The SMILES string of the molecule is CONc1cc(C2CCN(C(=O)OC(C)(C)C)CC2)cc(C)c1OC(C)c1c(N2CCOCC2)ccnc1Cl. The molecule has 1 unspecified atom stereocenters. The first-order chi connectivity index (χ1) is 18.6. The molecule has 39 heavy (non-hydrogen) atoms. The summed E-state index contributed by atoms with van der Waals surface area (Å²) in [6, 6.07) is 6.24. The van der Waals surface area contributed by atoms with Gasteiger partial charge in [-0.25, -0.2) is 9.78 Å². The second-order valence-corrected chi connectivity index (χ2v) is 11.5. The van der Waals surface area contributed by atoms with Gasteiger partial charge < -0.3 is 24.0 Å². The first-order valence-corrected chi connectivity index (χ1v) is 14.0. The molecular weight excluding hydrogens is 520 g/mol. The maximum absolute atomic E-state index is 12.5. The van der Waals surface area contributed by atoms with Crippen molar-refractivity contribution >= 4 is 29.1 Å². The summed E-state index contributed by atoms with van der Waals surface area (Å²) in [5, 5.41) is 0.429. The number of aryl methyl sites for hydroxylation is 1. The summed E-state index contributed by atoms with van der Waals surface area (Å²) < 4.78 is 17.7. The van der Waals surface area contributed by atoms with Crippen LogP contribution in [0.25, 0.3) is 0 Å². The van der Waals surface area contributed by atoms with Gasteiger partial charge in [0.25, 0.3) is 0 Å². The van der Waals surface area contributed by atoms with Crippen LogP contribution in [0.2, 0.25) is 5.15 Å². The third-order valence-electron chi connectivity index (χ3n) is 7.10. The quantitative estimate of drug-likeness (QED) is 0.321. The number of piperidine rings is 1. The number of hydrogen-bond acceptors (Lipinski definition) is 8. The summed E-state index contributed by atoms with van der Waals surface area (Å²) in [5.41, 5.74) is 7.30. The van der Waals surface area contributed by atoms with Crippen molar-refractivity contribution in [3.05, 3.63) is 46.2 Å². The Morgan fingerprint density at radius 3 is 2.51 bits per heavy atom. The lowest BCUT2D eigenvalue weighted by Crippen LogP contribution is -2.41. The zero-order valence-electron chi connectivity index (χ0n) is 23.9. The maximum atomic E-state index is 12.5. The molecule has 0 spiro atoms. The molecule has 0 aliphatic carbocycles. The van der Waals surface area contributed by atoms with Crippen LogP contribution in [0, 0.1) is 6.92 Å². The Hall–Kier alpha value is -2.75. The Labute approximate surface area is 236 Å². The zero-order valence-corrected chi connectivity index (χ0v) is 24.6. The standard InChI is InChI=1S/C29H41ClN4O5/c1-19-17-22(21-8-11-34(12-9-21)28(35)39-29(3,4)5)18-23(32-36-6)26(19)38-20(2)25-24(7-10-31-27(25)30)33-13-15-37-16-14-33/h7,10,17-18,20-21,32H,8-9,11-16H2,1-6H3. The number of halogens is 1. The first-order valence-electron chi connectivity index (χ1n) is 13.6. The van der Waals surface area contributed by atoms with Crippen LogP contribution in [-0.2, 0) is 14.3 Å². The van der Waals surface area contributed by atoms with Gasteiger partial charge in [-0.3, -0.25) is 10.3 Å². The van der Waals surface area contributed by atoms with E-state index in [1.165, 1.54) is 5.56 Å². The van der Waals surface area contributed by atoms with Crippen LogP contribution in [0.4, 0.5) is 16.2 Å². The van der Waals surface area contributed by atoms with E-state index < -0.39 is 5.60 Å². The fourth-order valence-electron chi connectivity index (χ4n) is 5.23. The third-order valence-corrected chi connectivity index (χ3v) is 7.40. The first kappa shape index (κ1) is 29.2. The maximum Gasteiger partial charge on any atom is 0.410 e. The molecule has 0 saturated carbocycles. The van der Waals surface area contributed by atoms with Gasteiger partial charge in [0.05, 0.1) is 25.9 Å². The summed E-state index contributed by atoms with van der Waals surface area (Å²) in [6.07, 6.45) is 2.84. The van der Waals surface area contributed by atoms with Gasteiger partial charge in [0.1, 0.15) is 28.3 Å². The Kier molecular flexibility index (Phi) is 9.46. The van der Waals surface area contributed by atoms with Gasteiger partial charge in [-0.2, -0.15) is 0 Å². The lowest BCUT2D eigenvalue weighted by Gasteiger charge is -2.34. The molecule has 0 bridgehead atoms. The number of pyridine rings is 1. The number of carbonyl (C=O) groups excluding carboxylic acids is 1. The molecule has 3 heterocycles. The topological polar surface area (TPSA) is 85.4 Å². The normalized spacial score (nSPS) is 17.6. The number of benzene rings is 1. The number of aromatic nitrogens is 1. The largest absolute Gasteiger partial charge is 0.483 e. The average Bonchev–Trinajstić information content (AvgIpc) is 2.90. The Morgan fingerprint density at radius 1 is 1.18 bits per heavy atom. The second kappa shape index (κ2) is 12.6. The van der Waals surface area contributed by atoms with Crippen LogP contribution in [0.1, 0.15) is 69.2 Å². The van der Waals surface area contributed by atoms with Crippen molar-refractivity contribution in [2.75, 3.05) is 56.9 Å². The van der Waals surface area contributed by atoms with Gasteiger partial charge in [-0.15, -0.1) is 0 Å². The summed E-state index contributed by atoms with van der Waals surface area (Å²) in [5.74, 6) is 1.01. The van der Waals surface area contributed by atoms with Gasteiger partial charge >= 0.3 is 6.09 Å². The van der Waals surface area contributed by atoms with Crippen molar-refractivity contribution in [3.8, 4) is 5.75 Å². The number of hydrogen-bond donors (Lipinski definition) is 1. The molecule has 2 saturated heterocycles. The van der Waals surface area contributed by atoms with E-state index in [2.05, 4.69) is 27.5 Å².